The van der Waals surface area contributed by atoms with Crippen LogP contribution in [-0.4, -0.2) is 40.5 Å². The summed E-state index contributed by atoms with van der Waals surface area (Å²) in [4.78, 5) is 37.2. The van der Waals surface area contributed by atoms with Crippen molar-refractivity contribution in [1.82, 2.24) is 16.0 Å². The second-order valence-corrected chi connectivity index (χ2v) is 8.45. The number of guanidine groups is 1. The van der Waals surface area contributed by atoms with Crippen LogP contribution in [0.4, 0.5) is 0 Å². The molecule has 0 fully saturated rings. The van der Waals surface area contributed by atoms with E-state index in [2.05, 4.69) is 21.1 Å². The topological polar surface area (TPSA) is 172 Å². The Morgan fingerprint density at radius 3 is 2.05 bits per heavy atom. The molecule has 0 saturated heterocycles. The highest BCUT2D eigenvalue weighted by Crippen LogP contribution is 2.25. The first-order chi connectivity index (χ1) is 18.3. The van der Waals surface area contributed by atoms with Gasteiger partial charge in [0.15, 0.2) is 5.03 Å². The lowest BCUT2D eigenvalue weighted by Gasteiger charge is -2.23. The Morgan fingerprint density at radius 1 is 0.895 bits per heavy atom. The van der Waals surface area contributed by atoms with E-state index in [4.69, 9.17) is 5.73 Å². The van der Waals surface area contributed by atoms with Crippen molar-refractivity contribution in [3.05, 3.63) is 112 Å². The highest BCUT2D eigenvalue weighted by Gasteiger charge is 2.27. The summed E-state index contributed by atoms with van der Waals surface area (Å²) >= 11 is 0. The number of nitrogens with two attached hydrogens (primary N) is 1. The fraction of sp³-hybridized carbons (Fsp3) is 0.222. The molecule has 38 heavy (non-hydrogen) atoms. The molecule has 0 bridgehead atoms. The molecule has 0 aliphatic heterocycles. The zero-order valence-corrected chi connectivity index (χ0v) is 20.6. The highest BCUT2D eigenvalue weighted by atomic mass is 16.7. The average molecular weight is 519 g/mol. The predicted octanol–water partition coefficient (Wildman–Crippen LogP) is 2.20. The first kappa shape index (κ1) is 27.7. The number of hydrogen-bond acceptors (Lipinski definition) is 5. The number of para-hydroxylation sites is 1. The first-order valence-corrected chi connectivity index (χ1v) is 12.0. The molecule has 3 aromatic carbocycles. The van der Waals surface area contributed by atoms with Gasteiger partial charge in [0, 0.05) is 18.7 Å². The predicted molar refractivity (Wildman–Crippen MR) is 142 cm³/mol. The molecule has 11 heteroatoms. The van der Waals surface area contributed by atoms with E-state index >= 15 is 0 Å². The molecule has 0 spiro atoms. The Labute approximate surface area is 219 Å². The molecule has 11 nitrogen and oxygen atoms in total. The Hall–Kier alpha value is -4.93. The number of carbonyl (C=O) groups excluding carboxylic acids is 2. The second-order valence-electron chi connectivity index (χ2n) is 8.45. The van der Waals surface area contributed by atoms with E-state index in [1.54, 1.807) is 18.2 Å². The summed E-state index contributed by atoms with van der Waals surface area (Å²) in [5, 5.41) is 30.8. The van der Waals surface area contributed by atoms with Crippen molar-refractivity contribution < 1.29 is 19.7 Å². The van der Waals surface area contributed by atoms with E-state index in [9.17, 15) is 24.8 Å². The minimum absolute atomic E-state index is 0.0476. The Kier molecular flexibility index (Phi) is 10.2. The highest BCUT2D eigenvalue weighted by molar-refractivity contribution is 5.92. The lowest BCUT2D eigenvalue weighted by atomic mass is 9.90. The van der Waals surface area contributed by atoms with Crippen molar-refractivity contribution in [3.63, 3.8) is 0 Å². The first-order valence-electron chi connectivity index (χ1n) is 12.0. The van der Waals surface area contributed by atoms with Gasteiger partial charge < -0.3 is 26.8 Å². The van der Waals surface area contributed by atoms with Gasteiger partial charge in [0.1, 0.15) is 16.9 Å². The third kappa shape index (κ3) is 8.33. The van der Waals surface area contributed by atoms with E-state index < -0.39 is 22.9 Å². The zero-order chi connectivity index (χ0) is 27.3. The van der Waals surface area contributed by atoms with Gasteiger partial charge >= 0.3 is 0 Å². The number of nitrogens with one attached hydrogen (secondary N) is 3. The lowest BCUT2D eigenvalue weighted by Crippen LogP contribution is -2.48. The molecule has 0 aromatic heterocycles. The van der Waals surface area contributed by atoms with Crippen molar-refractivity contribution in [2.75, 3.05) is 6.54 Å². The number of rotatable bonds is 12. The van der Waals surface area contributed by atoms with Crippen LogP contribution >= 0.6 is 0 Å². The molecule has 3 rings (SSSR count). The number of hydrazone groups is 1. The maximum atomic E-state index is 13.6. The summed E-state index contributed by atoms with van der Waals surface area (Å²) in [6, 6.07) is 24.2. The SMILES string of the molecule is N/C(=N/[N+](=O)[O-])NCCC[C@@H](NC(=O)C(c1ccccc1)c1ccccc1)C(=O)NCc1ccccc1O. The number of phenolic OH excluding ortho intramolecular Hbond substituents is 1. The van der Waals surface area contributed by atoms with Crippen LogP contribution in [0.5, 0.6) is 5.75 Å². The molecule has 6 N–H and O–H groups in total. The molecular weight excluding hydrogens is 488 g/mol. The largest absolute Gasteiger partial charge is 0.508 e. The van der Waals surface area contributed by atoms with E-state index in [-0.39, 0.29) is 37.1 Å². The number of phenols is 1. The van der Waals surface area contributed by atoms with Gasteiger partial charge in [0.25, 0.3) is 5.96 Å². The summed E-state index contributed by atoms with van der Waals surface area (Å²) in [6.45, 7) is 0.266. The normalized spacial score (nSPS) is 12.0. The van der Waals surface area contributed by atoms with Gasteiger partial charge in [0.2, 0.25) is 11.8 Å². The fourth-order valence-electron chi connectivity index (χ4n) is 3.92. The van der Waals surface area contributed by atoms with Crippen molar-refractivity contribution in [3.8, 4) is 5.75 Å². The van der Waals surface area contributed by atoms with Gasteiger partial charge in [0.05, 0.1) is 5.92 Å². The number of amides is 2. The minimum Gasteiger partial charge on any atom is -0.508 e. The molecule has 198 valence electrons. The van der Waals surface area contributed by atoms with Gasteiger partial charge in [-0.15, -0.1) is 0 Å². The number of nitrogens with zero attached hydrogens (tertiary/aromatic N) is 2. The van der Waals surface area contributed by atoms with Crippen LogP contribution in [0, 0.1) is 10.1 Å². The number of benzene rings is 3. The van der Waals surface area contributed by atoms with Crippen LogP contribution in [-0.2, 0) is 16.1 Å². The van der Waals surface area contributed by atoms with E-state index in [1.165, 1.54) is 6.07 Å². The van der Waals surface area contributed by atoms with Crippen molar-refractivity contribution >= 4 is 17.8 Å². The summed E-state index contributed by atoms with van der Waals surface area (Å²) < 4.78 is 0. The second kappa shape index (κ2) is 14.0. The smallest absolute Gasteiger partial charge is 0.266 e. The molecule has 0 aliphatic carbocycles. The van der Waals surface area contributed by atoms with Crippen LogP contribution in [0.25, 0.3) is 0 Å². The van der Waals surface area contributed by atoms with Crippen LogP contribution in [0.2, 0.25) is 0 Å². The number of aromatic hydroxyl groups is 1. The lowest BCUT2D eigenvalue weighted by molar-refractivity contribution is -0.485. The van der Waals surface area contributed by atoms with Gasteiger partial charge in [-0.05, 0) is 30.0 Å². The monoisotopic (exact) mass is 518 g/mol. The molecule has 3 aromatic rings. The van der Waals surface area contributed by atoms with E-state index in [1.807, 2.05) is 60.7 Å². The summed E-state index contributed by atoms with van der Waals surface area (Å²) in [5.74, 6) is -1.74. The Balaban J connectivity index is 1.76. The zero-order valence-electron chi connectivity index (χ0n) is 20.6. The quantitative estimate of drug-likeness (QED) is 0.0804. The van der Waals surface area contributed by atoms with Gasteiger partial charge in [-0.25, -0.2) is 10.1 Å². The van der Waals surface area contributed by atoms with Crippen LogP contribution in [0.3, 0.4) is 0 Å². The summed E-state index contributed by atoms with van der Waals surface area (Å²) in [5.41, 5.74) is 7.53. The van der Waals surface area contributed by atoms with Crippen molar-refractivity contribution in [2.24, 2.45) is 10.8 Å². The Morgan fingerprint density at radius 2 is 1.47 bits per heavy atom. The molecule has 0 aliphatic rings. The maximum absolute atomic E-state index is 13.6. The van der Waals surface area contributed by atoms with Crippen LogP contribution in [0.1, 0.15) is 35.4 Å². The van der Waals surface area contributed by atoms with Crippen molar-refractivity contribution in [1.29, 1.82) is 0 Å². The Bertz CT molecular complexity index is 1210. The number of carbonyl (C=O) groups is 2. The average Bonchev–Trinajstić information content (AvgIpc) is 2.90. The standard InChI is InChI=1S/C27H30N6O5/c28-27(32-33(37)38)29-17-9-15-22(25(35)30-18-21-14-7-8-16-23(21)34)31-26(36)24(19-10-3-1-4-11-19)20-12-5-2-6-13-20/h1-8,10-14,16,22,24,34H,9,15,17-18H2,(H,30,35)(H,31,36)(H3,28,29,32)/t22-/m1/s1. The molecule has 0 heterocycles. The minimum atomic E-state index is -0.918. The molecule has 0 radical (unpaired) electrons. The summed E-state index contributed by atoms with van der Waals surface area (Å²) in [6.07, 6.45) is 0.567. The summed E-state index contributed by atoms with van der Waals surface area (Å²) in [7, 11) is 0. The van der Waals surface area contributed by atoms with E-state index in [0.29, 0.717) is 12.0 Å². The van der Waals surface area contributed by atoms with E-state index in [0.717, 1.165) is 11.1 Å². The number of nitro groups is 1. The third-order valence-corrected chi connectivity index (χ3v) is 5.77. The van der Waals surface area contributed by atoms with Gasteiger partial charge in [-0.1, -0.05) is 78.9 Å². The van der Waals surface area contributed by atoms with Gasteiger partial charge in [-0.2, -0.15) is 0 Å². The number of hydrogen-bond donors (Lipinski definition) is 5. The van der Waals surface area contributed by atoms with Crippen molar-refractivity contribution in [2.45, 2.75) is 31.3 Å². The van der Waals surface area contributed by atoms with Gasteiger partial charge in [-0.3, -0.25) is 9.59 Å². The van der Waals surface area contributed by atoms with Crippen LogP contribution in [0.15, 0.2) is 90.0 Å². The molecular formula is C27H30N6O5. The maximum Gasteiger partial charge on any atom is 0.266 e. The molecule has 2 amide bonds. The molecule has 0 saturated carbocycles. The van der Waals surface area contributed by atoms with Crippen LogP contribution < -0.4 is 21.7 Å². The fourth-order valence-corrected chi connectivity index (χ4v) is 3.92. The third-order valence-electron chi connectivity index (χ3n) is 5.77. The molecule has 0 unspecified atom stereocenters. The molecule has 1 atom stereocenters.